The summed E-state index contributed by atoms with van der Waals surface area (Å²) in [6.45, 7) is 0. The minimum absolute atomic E-state index is 0.0881. The number of rotatable bonds is 4. The molecule has 0 aliphatic heterocycles. The van der Waals surface area contributed by atoms with E-state index in [0.717, 1.165) is 0 Å². The number of hydrazine groups is 1. The van der Waals surface area contributed by atoms with Gasteiger partial charge in [-0.1, -0.05) is 6.07 Å². The molecular formula is C7H8FN3O4. The van der Waals surface area contributed by atoms with Crippen LogP contribution in [-0.2, 0) is 4.94 Å². The maximum atomic E-state index is 13.4. The van der Waals surface area contributed by atoms with Gasteiger partial charge in [-0.05, 0) is 12.1 Å². The van der Waals surface area contributed by atoms with E-state index in [1.807, 2.05) is 0 Å². The van der Waals surface area contributed by atoms with Crippen molar-refractivity contribution in [3.8, 4) is 5.75 Å². The maximum Gasteiger partial charge on any atom is 0.318 e. The lowest BCUT2D eigenvalue weighted by Gasteiger charge is -2.15. The monoisotopic (exact) mass is 217 g/mol. The van der Waals surface area contributed by atoms with Crippen LogP contribution in [0.4, 0.5) is 10.1 Å². The predicted molar refractivity (Wildman–Crippen MR) is 47.7 cm³/mol. The first-order valence-electron chi connectivity index (χ1n) is 3.76. The lowest BCUT2D eigenvalue weighted by molar-refractivity contribution is -0.762. The van der Waals surface area contributed by atoms with E-state index in [1.165, 1.54) is 25.3 Å². The Bertz CT molecular complexity index is 373. The quantitative estimate of drug-likeness (QED) is 0.452. The van der Waals surface area contributed by atoms with Gasteiger partial charge in [0, 0.05) is 0 Å². The average molecular weight is 217 g/mol. The van der Waals surface area contributed by atoms with E-state index in [-0.39, 0.29) is 16.6 Å². The summed E-state index contributed by atoms with van der Waals surface area (Å²) in [4.78, 5) is 13.8. The largest absolute Gasteiger partial charge is 0.494 e. The second-order valence-electron chi connectivity index (χ2n) is 2.42. The van der Waals surface area contributed by atoms with Crippen molar-refractivity contribution in [1.29, 1.82) is 0 Å². The number of benzene rings is 1. The third-order valence-corrected chi connectivity index (χ3v) is 1.55. The molecule has 0 bridgehead atoms. The number of nitrogens with two attached hydrogens (primary N) is 1. The van der Waals surface area contributed by atoms with E-state index >= 15 is 0 Å². The van der Waals surface area contributed by atoms with Crippen LogP contribution in [0.1, 0.15) is 0 Å². The van der Waals surface area contributed by atoms with Gasteiger partial charge in [0.15, 0.2) is 11.6 Å². The third kappa shape index (κ3) is 2.44. The fourth-order valence-corrected chi connectivity index (χ4v) is 0.943. The molecule has 0 aliphatic carbocycles. The molecule has 15 heavy (non-hydrogen) atoms. The van der Waals surface area contributed by atoms with Crippen molar-refractivity contribution in [2.75, 3.05) is 12.3 Å². The standard InChI is InChI=1S/C7H8FN3O4/c1-14-6-4-2-3-5(7(6)8)10(9)15-11(12)13/h2-4H,9H2,1H3. The van der Waals surface area contributed by atoms with Crippen molar-refractivity contribution in [3.63, 3.8) is 0 Å². The summed E-state index contributed by atoms with van der Waals surface area (Å²) >= 11 is 0. The zero-order chi connectivity index (χ0) is 11.4. The normalized spacial score (nSPS) is 9.53. The smallest absolute Gasteiger partial charge is 0.318 e. The highest BCUT2D eigenvalue weighted by molar-refractivity contribution is 5.49. The molecule has 8 heteroatoms. The number of methoxy groups -OCH3 is 1. The molecule has 0 saturated heterocycles. The van der Waals surface area contributed by atoms with Gasteiger partial charge in [-0.25, -0.2) is 10.2 Å². The summed E-state index contributed by atoms with van der Waals surface area (Å²) in [5, 5.41) is 9.01. The van der Waals surface area contributed by atoms with Crippen molar-refractivity contribution in [2.24, 2.45) is 5.84 Å². The molecule has 0 atom stereocenters. The minimum atomic E-state index is -1.15. The van der Waals surface area contributed by atoms with Gasteiger partial charge in [-0.3, -0.25) is 0 Å². The summed E-state index contributed by atoms with van der Waals surface area (Å²) < 4.78 is 18.1. The highest BCUT2D eigenvalue weighted by Crippen LogP contribution is 2.25. The van der Waals surface area contributed by atoms with E-state index < -0.39 is 10.9 Å². The molecule has 7 nitrogen and oxygen atoms in total. The number of hydrogen-bond donors (Lipinski definition) is 1. The average Bonchev–Trinajstić information content (AvgIpc) is 2.17. The Kier molecular flexibility index (Phi) is 3.24. The number of anilines is 1. The Morgan fingerprint density at radius 3 is 2.80 bits per heavy atom. The predicted octanol–water partition coefficient (Wildman–Crippen LogP) is 0.638. The summed E-state index contributed by atoms with van der Waals surface area (Å²) in [6, 6.07) is 3.97. The van der Waals surface area contributed by atoms with E-state index in [4.69, 9.17) is 5.84 Å². The van der Waals surface area contributed by atoms with E-state index in [1.54, 1.807) is 0 Å². The van der Waals surface area contributed by atoms with Crippen LogP contribution in [0.2, 0.25) is 0 Å². The van der Waals surface area contributed by atoms with Crippen molar-refractivity contribution < 1.29 is 19.2 Å². The summed E-state index contributed by atoms with van der Waals surface area (Å²) in [5.74, 6) is 4.16. The molecule has 1 rings (SSSR count). The van der Waals surface area contributed by atoms with E-state index in [2.05, 4.69) is 9.68 Å². The third-order valence-electron chi connectivity index (χ3n) is 1.55. The van der Waals surface area contributed by atoms with Gasteiger partial charge in [-0.2, -0.15) is 4.94 Å². The van der Waals surface area contributed by atoms with Crippen molar-refractivity contribution in [3.05, 3.63) is 34.1 Å². The van der Waals surface area contributed by atoms with Gasteiger partial charge >= 0.3 is 5.09 Å². The van der Waals surface area contributed by atoms with Gasteiger partial charge in [0.25, 0.3) is 0 Å². The number of hydrogen-bond acceptors (Lipinski definition) is 6. The Hall–Kier alpha value is -2.09. The van der Waals surface area contributed by atoms with Crippen molar-refractivity contribution >= 4 is 5.69 Å². The summed E-state index contributed by atoms with van der Waals surface area (Å²) in [6.07, 6.45) is 0. The molecule has 1 aromatic rings. The number of nitrogens with zero attached hydrogens (tertiary/aromatic N) is 2. The first-order valence-corrected chi connectivity index (χ1v) is 3.76. The van der Waals surface area contributed by atoms with Gasteiger partial charge in [0.05, 0.1) is 7.11 Å². The van der Waals surface area contributed by atoms with Crippen molar-refractivity contribution in [2.45, 2.75) is 0 Å². The summed E-state index contributed by atoms with van der Waals surface area (Å²) in [7, 11) is 1.26. The molecule has 1 aromatic carbocycles. The molecule has 0 aliphatic rings. The van der Waals surface area contributed by atoms with Gasteiger partial charge in [-0.15, -0.1) is 15.3 Å². The zero-order valence-corrected chi connectivity index (χ0v) is 7.71. The van der Waals surface area contributed by atoms with Crippen LogP contribution in [0.5, 0.6) is 5.75 Å². The molecule has 0 heterocycles. The lowest BCUT2D eigenvalue weighted by Crippen LogP contribution is -2.34. The Morgan fingerprint density at radius 2 is 2.27 bits per heavy atom. The molecule has 0 radical (unpaired) electrons. The Labute approximate surface area is 83.8 Å². The molecule has 0 saturated carbocycles. The van der Waals surface area contributed by atoms with Crippen LogP contribution in [0.15, 0.2) is 18.2 Å². The first-order chi connectivity index (χ1) is 7.06. The second-order valence-corrected chi connectivity index (χ2v) is 2.42. The summed E-state index contributed by atoms with van der Waals surface area (Å²) in [5.41, 5.74) is -0.300. The van der Waals surface area contributed by atoms with Crippen molar-refractivity contribution in [1.82, 2.24) is 0 Å². The minimum Gasteiger partial charge on any atom is -0.494 e. The van der Waals surface area contributed by atoms with Gasteiger partial charge in [0.1, 0.15) is 5.69 Å². The van der Waals surface area contributed by atoms with Gasteiger partial charge < -0.3 is 4.74 Å². The maximum absolute atomic E-state index is 13.4. The zero-order valence-electron chi connectivity index (χ0n) is 7.71. The van der Waals surface area contributed by atoms with Crippen LogP contribution >= 0.6 is 0 Å². The van der Waals surface area contributed by atoms with E-state index in [9.17, 15) is 14.5 Å². The van der Waals surface area contributed by atoms with Crippen LogP contribution in [0.3, 0.4) is 0 Å². The Balaban J connectivity index is 2.98. The highest BCUT2D eigenvalue weighted by Gasteiger charge is 2.15. The SMILES string of the molecule is COc1cccc(N(N)O[N+](=O)[O-])c1F. The van der Waals surface area contributed by atoms with E-state index in [0.29, 0.717) is 0 Å². The van der Waals surface area contributed by atoms with Crippen LogP contribution in [-0.4, -0.2) is 12.2 Å². The fourth-order valence-electron chi connectivity index (χ4n) is 0.943. The van der Waals surface area contributed by atoms with Crippen LogP contribution in [0, 0.1) is 15.9 Å². The second kappa shape index (κ2) is 4.42. The molecule has 2 N–H and O–H groups in total. The van der Waals surface area contributed by atoms with Gasteiger partial charge in [0.2, 0.25) is 0 Å². The molecular weight excluding hydrogens is 209 g/mol. The lowest BCUT2D eigenvalue weighted by atomic mass is 10.3. The van der Waals surface area contributed by atoms with Crippen LogP contribution in [0.25, 0.3) is 0 Å². The first kappa shape index (κ1) is 11.0. The molecule has 0 unspecified atom stereocenters. The molecule has 0 spiro atoms. The molecule has 82 valence electrons. The number of halogens is 1. The molecule has 0 amide bonds. The Morgan fingerprint density at radius 1 is 1.60 bits per heavy atom. The molecule has 0 aromatic heterocycles. The fraction of sp³-hybridized carbons (Fsp3) is 0.143. The topological polar surface area (TPSA) is 90.9 Å². The van der Waals surface area contributed by atoms with Crippen LogP contribution < -0.4 is 15.8 Å². The highest BCUT2D eigenvalue weighted by atomic mass is 19.1. The number of ether oxygens (including phenoxy) is 1. The molecule has 0 fully saturated rings.